The van der Waals surface area contributed by atoms with Crippen molar-refractivity contribution in [3.05, 3.63) is 41.5 Å². The molecule has 142 valence electrons. The summed E-state index contributed by atoms with van der Waals surface area (Å²) in [5.74, 6) is 2.16. The van der Waals surface area contributed by atoms with Gasteiger partial charge in [0.2, 0.25) is 11.7 Å². The summed E-state index contributed by atoms with van der Waals surface area (Å²) in [6.07, 6.45) is 2.05. The molecule has 1 aromatic heterocycles. The molecule has 0 spiro atoms. The normalized spacial score (nSPS) is 14.8. The highest BCUT2D eigenvalue weighted by atomic mass is 35.5. The number of rotatable bonds is 6. The fourth-order valence-electron chi connectivity index (χ4n) is 3.11. The third-order valence-electron chi connectivity index (χ3n) is 4.44. The summed E-state index contributed by atoms with van der Waals surface area (Å²) in [6, 6.07) is 7.31. The fraction of sp³-hybridized carbons (Fsp3) is 0.500. The SMILES string of the molecule is CNCC1CCN(C(=O)c2ccccc2OCc2noc(C)n2)CC1.Cl. The molecule has 0 saturated carbocycles. The zero-order valence-corrected chi connectivity index (χ0v) is 15.9. The number of carbonyl (C=O) groups excluding carboxylic acids is 1. The number of aryl methyl sites for hydroxylation is 1. The van der Waals surface area contributed by atoms with Gasteiger partial charge in [-0.3, -0.25) is 4.79 Å². The third-order valence-corrected chi connectivity index (χ3v) is 4.44. The summed E-state index contributed by atoms with van der Waals surface area (Å²) in [5.41, 5.74) is 0.579. The molecular formula is C18H25ClN4O3. The van der Waals surface area contributed by atoms with Crippen LogP contribution in [0.2, 0.25) is 0 Å². The van der Waals surface area contributed by atoms with Gasteiger partial charge < -0.3 is 19.5 Å². The van der Waals surface area contributed by atoms with Gasteiger partial charge in [-0.25, -0.2) is 0 Å². The first-order valence-corrected chi connectivity index (χ1v) is 8.62. The zero-order chi connectivity index (χ0) is 17.6. The Kier molecular flexibility index (Phi) is 7.41. The number of carbonyl (C=O) groups is 1. The number of para-hydroxylation sites is 1. The lowest BCUT2D eigenvalue weighted by Gasteiger charge is -2.32. The molecule has 8 heteroatoms. The second-order valence-electron chi connectivity index (χ2n) is 6.31. The highest BCUT2D eigenvalue weighted by molar-refractivity contribution is 5.97. The van der Waals surface area contributed by atoms with Gasteiger partial charge in [-0.2, -0.15) is 4.98 Å². The topological polar surface area (TPSA) is 80.5 Å². The van der Waals surface area contributed by atoms with E-state index in [4.69, 9.17) is 9.26 Å². The maximum absolute atomic E-state index is 12.9. The van der Waals surface area contributed by atoms with Crippen molar-refractivity contribution >= 4 is 18.3 Å². The number of halogens is 1. The zero-order valence-electron chi connectivity index (χ0n) is 15.1. The largest absolute Gasteiger partial charge is 0.485 e. The van der Waals surface area contributed by atoms with Crippen LogP contribution in [-0.4, -0.2) is 47.6 Å². The first-order valence-electron chi connectivity index (χ1n) is 8.62. The average Bonchev–Trinajstić information content (AvgIpc) is 3.06. The lowest BCUT2D eigenvalue weighted by atomic mass is 9.96. The number of hydrogen-bond acceptors (Lipinski definition) is 6. The Morgan fingerprint density at radius 2 is 2.08 bits per heavy atom. The van der Waals surface area contributed by atoms with Crippen molar-refractivity contribution in [3.63, 3.8) is 0 Å². The first-order chi connectivity index (χ1) is 12.2. The van der Waals surface area contributed by atoms with Crippen LogP contribution in [0.15, 0.2) is 28.8 Å². The summed E-state index contributed by atoms with van der Waals surface area (Å²) < 4.78 is 10.7. The summed E-state index contributed by atoms with van der Waals surface area (Å²) in [7, 11) is 1.97. The third kappa shape index (κ3) is 4.95. The maximum atomic E-state index is 12.9. The molecule has 1 aliphatic rings. The van der Waals surface area contributed by atoms with E-state index in [0.717, 1.165) is 32.5 Å². The van der Waals surface area contributed by atoms with Gasteiger partial charge in [0.15, 0.2) is 6.61 Å². The van der Waals surface area contributed by atoms with Crippen LogP contribution in [0.3, 0.4) is 0 Å². The van der Waals surface area contributed by atoms with Crippen molar-refractivity contribution in [1.29, 1.82) is 0 Å². The van der Waals surface area contributed by atoms with Crippen molar-refractivity contribution in [3.8, 4) is 5.75 Å². The fourth-order valence-corrected chi connectivity index (χ4v) is 3.11. The summed E-state index contributed by atoms with van der Waals surface area (Å²) in [6.45, 7) is 4.47. The van der Waals surface area contributed by atoms with Crippen LogP contribution in [0.4, 0.5) is 0 Å². The van der Waals surface area contributed by atoms with E-state index in [9.17, 15) is 4.79 Å². The van der Waals surface area contributed by atoms with Crippen LogP contribution in [0.5, 0.6) is 5.75 Å². The number of ether oxygens (including phenoxy) is 1. The van der Waals surface area contributed by atoms with Crippen molar-refractivity contribution < 1.29 is 14.1 Å². The molecule has 2 aromatic rings. The minimum atomic E-state index is 0. The highest BCUT2D eigenvalue weighted by Gasteiger charge is 2.25. The minimum Gasteiger partial charge on any atom is -0.485 e. The van der Waals surface area contributed by atoms with E-state index >= 15 is 0 Å². The van der Waals surface area contributed by atoms with Crippen molar-refractivity contribution in [2.75, 3.05) is 26.7 Å². The second kappa shape index (κ2) is 9.54. The molecule has 0 atom stereocenters. The molecule has 1 saturated heterocycles. The summed E-state index contributed by atoms with van der Waals surface area (Å²) in [5, 5.41) is 7.02. The van der Waals surface area contributed by atoms with Gasteiger partial charge in [-0.05, 0) is 44.5 Å². The number of aromatic nitrogens is 2. The van der Waals surface area contributed by atoms with Crippen LogP contribution < -0.4 is 10.1 Å². The van der Waals surface area contributed by atoms with E-state index in [0.29, 0.717) is 28.9 Å². The number of amides is 1. The number of hydrogen-bond donors (Lipinski definition) is 1. The number of nitrogens with one attached hydrogen (secondary N) is 1. The van der Waals surface area contributed by atoms with Gasteiger partial charge in [0.25, 0.3) is 5.91 Å². The molecule has 0 bridgehead atoms. The molecule has 1 N–H and O–H groups in total. The smallest absolute Gasteiger partial charge is 0.257 e. The van der Waals surface area contributed by atoms with E-state index in [1.54, 1.807) is 19.1 Å². The first kappa shape index (κ1) is 20.2. The van der Waals surface area contributed by atoms with Crippen LogP contribution in [0.25, 0.3) is 0 Å². The summed E-state index contributed by atoms with van der Waals surface area (Å²) >= 11 is 0. The predicted molar refractivity (Wildman–Crippen MR) is 99.6 cm³/mol. The van der Waals surface area contributed by atoms with Crippen LogP contribution >= 0.6 is 12.4 Å². The maximum Gasteiger partial charge on any atom is 0.257 e. The molecule has 26 heavy (non-hydrogen) atoms. The minimum absolute atomic E-state index is 0. The van der Waals surface area contributed by atoms with E-state index in [-0.39, 0.29) is 24.9 Å². The molecule has 0 radical (unpaired) electrons. The van der Waals surface area contributed by atoms with E-state index in [2.05, 4.69) is 15.5 Å². The van der Waals surface area contributed by atoms with Crippen LogP contribution in [0.1, 0.15) is 34.9 Å². The molecule has 1 amide bonds. The Hall–Kier alpha value is -2.12. The van der Waals surface area contributed by atoms with Crippen molar-refractivity contribution in [2.24, 2.45) is 5.92 Å². The predicted octanol–water partition coefficient (Wildman–Crippen LogP) is 2.45. The van der Waals surface area contributed by atoms with Crippen molar-refractivity contribution in [1.82, 2.24) is 20.4 Å². The van der Waals surface area contributed by atoms with Gasteiger partial charge in [-0.15, -0.1) is 12.4 Å². The molecule has 1 aromatic carbocycles. The quantitative estimate of drug-likeness (QED) is 0.829. The van der Waals surface area contributed by atoms with Gasteiger partial charge in [0.1, 0.15) is 5.75 Å². The van der Waals surface area contributed by atoms with Gasteiger partial charge in [-0.1, -0.05) is 17.3 Å². The Morgan fingerprint density at radius 3 is 2.73 bits per heavy atom. The Balaban J connectivity index is 0.00000243. The molecule has 1 aliphatic heterocycles. The van der Waals surface area contributed by atoms with Crippen LogP contribution in [-0.2, 0) is 6.61 Å². The standard InChI is InChI=1S/C18H24N4O3.ClH/c1-13-20-17(21-25-13)12-24-16-6-4-3-5-15(16)18(23)22-9-7-14(8-10-22)11-19-2;/h3-6,14,19H,7-12H2,1-2H3;1H. The molecule has 3 rings (SSSR count). The Morgan fingerprint density at radius 1 is 1.35 bits per heavy atom. The number of piperidine rings is 1. The van der Waals surface area contributed by atoms with Crippen molar-refractivity contribution in [2.45, 2.75) is 26.4 Å². The molecule has 2 heterocycles. The van der Waals surface area contributed by atoms with E-state index in [1.165, 1.54) is 0 Å². The lowest BCUT2D eigenvalue weighted by Crippen LogP contribution is -2.40. The van der Waals surface area contributed by atoms with Gasteiger partial charge >= 0.3 is 0 Å². The summed E-state index contributed by atoms with van der Waals surface area (Å²) in [4.78, 5) is 18.9. The second-order valence-corrected chi connectivity index (χ2v) is 6.31. The van der Waals surface area contributed by atoms with E-state index < -0.39 is 0 Å². The van der Waals surface area contributed by atoms with E-state index in [1.807, 2.05) is 24.1 Å². The molecule has 7 nitrogen and oxygen atoms in total. The lowest BCUT2D eigenvalue weighted by molar-refractivity contribution is 0.0686. The monoisotopic (exact) mass is 380 g/mol. The average molecular weight is 381 g/mol. The number of nitrogens with zero attached hydrogens (tertiary/aromatic N) is 3. The number of benzene rings is 1. The highest BCUT2D eigenvalue weighted by Crippen LogP contribution is 2.24. The van der Waals surface area contributed by atoms with Gasteiger partial charge in [0, 0.05) is 20.0 Å². The molecule has 0 unspecified atom stereocenters. The molecule has 1 fully saturated rings. The van der Waals surface area contributed by atoms with Gasteiger partial charge in [0.05, 0.1) is 5.56 Å². The molecule has 0 aliphatic carbocycles. The Labute approximate surface area is 159 Å². The Bertz CT molecular complexity index is 714. The van der Waals surface area contributed by atoms with Crippen LogP contribution in [0, 0.1) is 12.8 Å². The number of likely N-dealkylation sites (tertiary alicyclic amines) is 1. The molecular weight excluding hydrogens is 356 g/mol.